The van der Waals surface area contributed by atoms with Crippen molar-refractivity contribution in [3.63, 3.8) is 0 Å². The number of hydrogen-bond acceptors (Lipinski definition) is 7. The molecule has 210 valence electrons. The molecule has 1 heterocycles. The molecule has 0 unspecified atom stereocenters. The lowest BCUT2D eigenvalue weighted by Crippen LogP contribution is -2.41. The smallest absolute Gasteiger partial charge is 0.407 e. The van der Waals surface area contributed by atoms with E-state index in [1.165, 1.54) is 4.80 Å². The normalized spacial score (nSPS) is 12.7. The summed E-state index contributed by atoms with van der Waals surface area (Å²) in [5.41, 5.74) is 5.19. The molecular weight excluding hydrogens is 524 g/mol. The molecule has 0 saturated carbocycles. The Balaban J connectivity index is 1.03. The molecule has 0 aliphatic heterocycles. The van der Waals surface area contributed by atoms with Gasteiger partial charge in [0.1, 0.15) is 19.2 Å². The van der Waals surface area contributed by atoms with Crippen LogP contribution in [0, 0.1) is 0 Å². The van der Waals surface area contributed by atoms with Crippen molar-refractivity contribution in [2.75, 3.05) is 13.2 Å². The topological polar surface area (TPSA) is 148 Å². The van der Waals surface area contributed by atoms with Crippen molar-refractivity contribution >= 4 is 18.0 Å². The molecule has 1 atom stereocenters. The van der Waals surface area contributed by atoms with Gasteiger partial charge in [-0.25, -0.2) is 9.59 Å². The number of carboxylic acid groups (broad SMARTS) is 1. The number of nitrogens with zero attached hydrogens (tertiary/aromatic N) is 4. The van der Waals surface area contributed by atoms with Crippen LogP contribution in [-0.4, -0.2) is 62.5 Å². The highest BCUT2D eigenvalue weighted by molar-refractivity contribution is 5.81. The summed E-state index contributed by atoms with van der Waals surface area (Å²) in [6.07, 6.45) is 0.422. The second-order valence-electron chi connectivity index (χ2n) is 9.72. The second kappa shape index (κ2) is 12.9. The number of rotatable bonds is 12. The quantitative estimate of drug-likeness (QED) is 0.225. The lowest BCUT2D eigenvalue weighted by Gasteiger charge is -2.17. The first-order valence-electron chi connectivity index (χ1n) is 13.4. The zero-order valence-corrected chi connectivity index (χ0v) is 22.3. The number of aromatic nitrogens is 4. The van der Waals surface area contributed by atoms with Crippen LogP contribution in [0.4, 0.5) is 4.79 Å². The van der Waals surface area contributed by atoms with Gasteiger partial charge in [0.2, 0.25) is 11.7 Å². The van der Waals surface area contributed by atoms with Crippen molar-refractivity contribution in [3.05, 3.63) is 90.0 Å². The van der Waals surface area contributed by atoms with Gasteiger partial charge in [-0.2, -0.15) is 4.80 Å². The molecule has 0 radical (unpaired) electrons. The molecule has 0 fully saturated rings. The van der Waals surface area contributed by atoms with Crippen LogP contribution in [0.5, 0.6) is 0 Å². The summed E-state index contributed by atoms with van der Waals surface area (Å²) >= 11 is 0. The number of carboxylic acids is 1. The molecule has 2 amide bonds. The fourth-order valence-corrected chi connectivity index (χ4v) is 4.94. The van der Waals surface area contributed by atoms with Gasteiger partial charge in [-0.15, -0.1) is 10.2 Å². The van der Waals surface area contributed by atoms with E-state index in [0.29, 0.717) is 25.2 Å². The van der Waals surface area contributed by atoms with E-state index in [1.54, 1.807) is 0 Å². The third-order valence-electron chi connectivity index (χ3n) is 6.95. The van der Waals surface area contributed by atoms with E-state index in [0.717, 1.165) is 27.8 Å². The first-order valence-corrected chi connectivity index (χ1v) is 13.4. The van der Waals surface area contributed by atoms with Crippen LogP contribution in [0.1, 0.15) is 36.3 Å². The SMILES string of the molecule is O=C(Cn1nnc(-c2ccccc2)n1)NCCCC[C@H](NC(=O)OCC1c2ccccc2-c2ccccc21)C(=O)O. The van der Waals surface area contributed by atoms with Crippen molar-refractivity contribution < 1.29 is 24.2 Å². The van der Waals surface area contributed by atoms with E-state index in [9.17, 15) is 19.5 Å². The Hall–Kier alpha value is -5.06. The standard InChI is InChI=1S/C30H30N6O5/c37-27(18-36-34-28(33-35-36)20-10-2-1-3-11-20)31-17-9-8-16-26(29(38)39)32-30(40)41-19-25-23-14-6-4-12-21(23)22-13-5-7-15-24(22)25/h1-7,10-15,25-26H,8-9,16-19H2,(H,31,37)(H,32,40)(H,38,39)/t26-/m0/s1. The van der Waals surface area contributed by atoms with E-state index in [2.05, 4.69) is 26.0 Å². The molecule has 3 aromatic carbocycles. The number of carbonyl (C=O) groups is 3. The van der Waals surface area contributed by atoms with Gasteiger partial charge < -0.3 is 20.5 Å². The van der Waals surface area contributed by atoms with Crippen LogP contribution in [0.15, 0.2) is 78.9 Å². The largest absolute Gasteiger partial charge is 0.480 e. The minimum absolute atomic E-state index is 0.0824. The Morgan fingerprint density at radius 2 is 1.56 bits per heavy atom. The van der Waals surface area contributed by atoms with Gasteiger partial charge in [0, 0.05) is 18.0 Å². The average Bonchev–Trinajstić information content (AvgIpc) is 3.58. The van der Waals surface area contributed by atoms with Crippen molar-refractivity contribution in [1.29, 1.82) is 0 Å². The van der Waals surface area contributed by atoms with Crippen LogP contribution in [0.3, 0.4) is 0 Å². The molecule has 11 nitrogen and oxygen atoms in total. The number of ether oxygens (including phenoxy) is 1. The zero-order valence-electron chi connectivity index (χ0n) is 22.3. The maximum atomic E-state index is 12.5. The summed E-state index contributed by atoms with van der Waals surface area (Å²) in [4.78, 5) is 37.7. The van der Waals surface area contributed by atoms with Crippen LogP contribution in [0.2, 0.25) is 0 Å². The maximum absolute atomic E-state index is 12.5. The van der Waals surface area contributed by atoms with Gasteiger partial charge in [0.25, 0.3) is 0 Å². The second-order valence-corrected chi connectivity index (χ2v) is 9.72. The molecule has 1 aliphatic carbocycles. The van der Waals surface area contributed by atoms with Crippen molar-refractivity contribution in [3.8, 4) is 22.5 Å². The molecule has 1 aliphatic rings. The predicted molar refractivity (Wildman–Crippen MR) is 150 cm³/mol. The molecule has 0 bridgehead atoms. The van der Waals surface area contributed by atoms with E-state index in [-0.39, 0.29) is 31.4 Å². The lowest BCUT2D eigenvalue weighted by molar-refractivity contribution is -0.139. The number of unbranched alkanes of at least 4 members (excludes halogenated alkanes) is 1. The molecule has 1 aromatic heterocycles. The third kappa shape index (κ3) is 6.75. The number of nitrogens with one attached hydrogen (secondary N) is 2. The Labute approximate surface area is 236 Å². The monoisotopic (exact) mass is 554 g/mol. The molecule has 0 saturated heterocycles. The van der Waals surface area contributed by atoms with Gasteiger partial charge >= 0.3 is 12.1 Å². The van der Waals surface area contributed by atoms with E-state index < -0.39 is 18.1 Å². The molecule has 5 rings (SSSR count). The number of tetrazole rings is 1. The van der Waals surface area contributed by atoms with Gasteiger partial charge in [0.15, 0.2) is 0 Å². The first kappa shape index (κ1) is 27.5. The Bertz CT molecular complexity index is 1480. The molecule has 4 aromatic rings. The molecular formula is C30H30N6O5. The lowest BCUT2D eigenvalue weighted by atomic mass is 9.98. The maximum Gasteiger partial charge on any atom is 0.407 e. The Kier molecular flexibility index (Phi) is 8.63. The summed E-state index contributed by atoms with van der Waals surface area (Å²) in [5, 5.41) is 26.9. The Morgan fingerprint density at radius 1 is 0.902 bits per heavy atom. The number of benzene rings is 3. The van der Waals surface area contributed by atoms with Gasteiger partial charge in [0.05, 0.1) is 0 Å². The third-order valence-corrected chi connectivity index (χ3v) is 6.95. The van der Waals surface area contributed by atoms with Gasteiger partial charge in [-0.3, -0.25) is 4.79 Å². The van der Waals surface area contributed by atoms with Crippen molar-refractivity contribution in [1.82, 2.24) is 30.8 Å². The van der Waals surface area contributed by atoms with Crippen LogP contribution >= 0.6 is 0 Å². The predicted octanol–water partition coefficient (Wildman–Crippen LogP) is 3.62. The van der Waals surface area contributed by atoms with Crippen LogP contribution in [-0.2, 0) is 20.9 Å². The number of carbonyl (C=O) groups excluding carboxylic acids is 2. The summed E-state index contributed by atoms with van der Waals surface area (Å²) in [6, 6.07) is 24.2. The van der Waals surface area contributed by atoms with Crippen LogP contribution < -0.4 is 10.6 Å². The highest BCUT2D eigenvalue weighted by atomic mass is 16.5. The highest BCUT2D eigenvalue weighted by Gasteiger charge is 2.29. The number of alkyl carbamates (subject to hydrolysis) is 1. The van der Waals surface area contributed by atoms with Crippen molar-refractivity contribution in [2.45, 2.75) is 37.8 Å². The summed E-state index contributed by atoms with van der Waals surface area (Å²) in [6.45, 7) is 0.364. The molecule has 0 spiro atoms. The van der Waals surface area contributed by atoms with Crippen LogP contribution in [0.25, 0.3) is 22.5 Å². The number of amides is 2. The van der Waals surface area contributed by atoms with Crippen molar-refractivity contribution in [2.24, 2.45) is 0 Å². The summed E-state index contributed by atoms with van der Waals surface area (Å²) in [5.74, 6) is -1.11. The minimum Gasteiger partial charge on any atom is -0.480 e. The highest BCUT2D eigenvalue weighted by Crippen LogP contribution is 2.44. The van der Waals surface area contributed by atoms with E-state index in [4.69, 9.17) is 4.74 Å². The molecule has 11 heteroatoms. The molecule has 3 N–H and O–H groups in total. The number of fused-ring (bicyclic) bond motifs is 3. The zero-order chi connectivity index (χ0) is 28.6. The van der Waals surface area contributed by atoms with E-state index in [1.807, 2.05) is 78.9 Å². The fourth-order valence-electron chi connectivity index (χ4n) is 4.94. The minimum atomic E-state index is -1.14. The number of aliphatic carboxylic acids is 1. The summed E-state index contributed by atoms with van der Waals surface area (Å²) in [7, 11) is 0. The van der Waals surface area contributed by atoms with Gasteiger partial charge in [-0.1, -0.05) is 78.9 Å². The average molecular weight is 555 g/mol. The summed E-state index contributed by atoms with van der Waals surface area (Å²) < 4.78 is 5.48. The Morgan fingerprint density at radius 3 is 2.24 bits per heavy atom. The fraction of sp³-hybridized carbons (Fsp3) is 0.267. The number of hydrogen-bond donors (Lipinski definition) is 3. The molecule has 41 heavy (non-hydrogen) atoms. The van der Waals surface area contributed by atoms with E-state index >= 15 is 0 Å². The first-order chi connectivity index (χ1) is 20.0. The van der Waals surface area contributed by atoms with Gasteiger partial charge in [-0.05, 0) is 46.7 Å².